The average molecular weight is 462 g/mol. The second-order valence-corrected chi connectivity index (χ2v) is 7.39. The number of hydrogen-bond acceptors (Lipinski definition) is 2. The fraction of sp³-hybridized carbons (Fsp3) is 0.0370. The summed E-state index contributed by atoms with van der Waals surface area (Å²) in [6.07, 6.45) is 3.03. The van der Waals surface area contributed by atoms with Gasteiger partial charge in [-0.25, -0.2) is 4.39 Å². The molecule has 0 aliphatic carbocycles. The van der Waals surface area contributed by atoms with Gasteiger partial charge in [-0.3, -0.25) is 9.78 Å². The van der Waals surface area contributed by atoms with Gasteiger partial charge in [0.15, 0.2) is 0 Å². The van der Waals surface area contributed by atoms with Crippen molar-refractivity contribution in [3.63, 3.8) is 0 Å². The number of carbonyl (C=O) groups is 1. The SMILES string of the molecule is O=C(/C=C/C=C(\c1ccc(C(F)(F)F)cc1)c1ccccc1F)Nc1cccc2cnccc12. The fourth-order valence-corrected chi connectivity index (χ4v) is 3.50. The van der Waals surface area contributed by atoms with Gasteiger partial charge in [-0.15, -0.1) is 0 Å². The van der Waals surface area contributed by atoms with Gasteiger partial charge in [0, 0.05) is 40.5 Å². The van der Waals surface area contributed by atoms with Gasteiger partial charge in [0.05, 0.1) is 5.56 Å². The maximum absolute atomic E-state index is 14.5. The van der Waals surface area contributed by atoms with Crippen LogP contribution < -0.4 is 5.32 Å². The average Bonchev–Trinajstić information content (AvgIpc) is 2.82. The van der Waals surface area contributed by atoms with Gasteiger partial charge >= 0.3 is 6.18 Å². The number of benzene rings is 3. The molecule has 0 spiro atoms. The van der Waals surface area contributed by atoms with Crippen molar-refractivity contribution >= 4 is 27.9 Å². The zero-order valence-corrected chi connectivity index (χ0v) is 17.7. The van der Waals surface area contributed by atoms with Crippen LogP contribution in [0.5, 0.6) is 0 Å². The molecule has 0 aliphatic rings. The Balaban J connectivity index is 1.62. The van der Waals surface area contributed by atoms with E-state index in [9.17, 15) is 22.4 Å². The van der Waals surface area contributed by atoms with Crippen LogP contribution in [-0.2, 0) is 11.0 Å². The number of aromatic nitrogens is 1. The number of fused-ring (bicyclic) bond motifs is 1. The largest absolute Gasteiger partial charge is 0.416 e. The summed E-state index contributed by atoms with van der Waals surface area (Å²) in [4.78, 5) is 16.5. The van der Waals surface area contributed by atoms with E-state index in [-0.39, 0.29) is 5.56 Å². The van der Waals surface area contributed by atoms with E-state index >= 15 is 0 Å². The van der Waals surface area contributed by atoms with Crippen LogP contribution in [0.3, 0.4) is 0 Å². The van der Waals surface area contributed by atoms with Crippen molar-refractivity contribution in [2.75, 3.05) is 5.32 Å². The first kappa shape index (κ1) is 22.9. The standard InChI is InChI=1S/C27H18F4N2O/c28-24-8-2-1-6-23(24)21(18-11-13-20(14-12-18)27(29,30)31)7-4-10-26(34)33-25-9-3-5-19-17-32-16-15-22(19)25/h1-17H,(H,33,34)/b10-4+,21-7+. The molecule has 170 valence electrons. The van der Waals surface area contributed by atoms with Crippen molar-refractivity contribution in [2.24, 2.45) is 0 Å². The molecule has 34 heavy (non-hydrogen) atoms. The van der Waals surface area contributed by atoms with Crippen LogP contribution in [-0.4, -0.2) is 10.9 Å². The smallest absolute Gasteiger partial charge is 0.322 e. The molecule has 4 aromatic rings. The van der Waals surface area contributed by atoms with Crippen LogP contribution >= 0.6 is 0 Å². The highest BCUT2D eigenvalue weighted by atomic mass is 19.4. The highest BCUT2D eigenvalue weighted by Gasteiger charge is 2.30. The number of alkyl halides is 3. The van der Waals surface area contributed by atoms with E-state index in [1.54, 1.807) is 36.7 Å². The van der Waals surface area contributed by atoms with Gasteiger partial charge in [-0.1, -0.05) is 54.6 Å². The maximum Gasteiger partial charge on any atom is 0.416 e. The topological polar surface area (TPSA) is 42.0 Å². The Labute approximate surface area is 193 Å². The third-order valence-electron chi connectivity index (χ3n) is 5.14. The molecular weight excluding hydrogens is 444 g/mol. The van der Waals surface area contributed by atoms with Crippen molar-refractivity contribution in [1.29, 1.82) is 0 Å². The number of rotatable bonds is 5. The van der Waals surface area contributed by atoms with Gasteiger partial charge in [-0.05, 0) is 41.5 Å². The molecular formula is C27H18F4N2O. The lowest BCUT2D eigenvalue weighted by molar-refractivity contribution is -0.137. The van der Waals surface area contributed by atoms with Crippen LogP contribution in [0.4, 0.5) is 23.2 Å². The first-order valence-electron chi connectivity index (χ1n) is 10.3. The Bertz CT molecular complexity index is 1380. The minimum Gasteiger partial charge on any atom is -0.322 e. The van der Waals surface area contributed by atoms with Crippen LogP contribution in [0.2, 0.25) is 0 Å². The molecule has 0 saturated carbocycles. The van der Waals surface area contributed by atoms with Crippen molar-refractivity contribution in [3.8, 4) is 0 Å². The third-order valence-corrected chi connectivity index (χ3v) is 5.14. The Morgan fingerprint density at radius 2 is 1.68 bits per heavy atom. The van der Waals surface area contributed by atoms with Crippen LogP contribution in [0.25, 0.3) is 16.3 Å². The second-order valence-electron chi connectivity index (χ2n) is 7.39. The van der Waals surface area contributed by atoms with Crippen molar-refractivity contribution in [3.05, 3.63) is 126 Å². The monoisotopic (exact) mass is 462 g/mol. The summed E-state index contributed by atoms with van der Waals surface area (Å²) >= 11 is 0. The molecule has 0 radical (unpaired) electrons. The summed E-state index contributed by atoms with van der Waals surface area (Å²) < 4.78 is 53.3. The Morgan fingerprint density at radius 1 is 0.912 bits per heavy atom. The van der Waals surface area contributed by atoms with Gasteiger partial charge < -0.3 is 5.32 Å². The number of nitrogens with one attached hydrogen (secondary N) is 1. The molecule has 7 heteroatoms. The predicted octanol–water partition coefficient (Wildman–Crippen LogP) is 7.02. The highest BCUT2D eigenvalue weighted by molar-refractivity contribution is 6.06. The van der Waals surface area contributed by atoms with E-state index < -0.39 is 23.5 Å². The Kier molecular flexibility index (Phi) is 6.54. The zero-order chi connectivity index (χ0) is 24.1. The van der Waals surface area contributed by atoms with Gasteiger partial charge in [0.25, 0.3) is 0 Å². The van der Waals surface area contributed by atoms with Crippen LogP contribution in [0, 0.1) is 5.82 Å². The second kappa shape index (κ2) is 9.70. The maximum atomic E-state index is 14.5. The summed E-state index contributed by atoms with van der Waals surface area (Å²) in [7, 11) is 0. The lowest BCUT2D eigenvalue weighted by atomic mass is 9.96. The molecule has 0 unspecified atom stereocenters. The molecule has 1 heterocycles. The highest BCUT2D eigenvalue weighted by Crippen LogP contribution is 2.32. The molecule has 1 N–H and O–H groups in total. The van der Waals surface area contributed by atoms with Crippen molar-refractivity contribution in [1.82, 2.24) is 4.98 Å². The molecule has 1 aromatic heterocycles. The number of amides is 1. The molecule has 0 bridgehead atoms. The molecule has 0 saturated heterocycles. The molecule has 3 aromatic carbocycles. The van der Waals surface area contributed by atoms with Crippen LogP contribution in [0.15, 0.2) is 103 Å². The Morgan fingerprint density at radius 3 is 2.41 bits per heavy atom. The van der Waals surface area contributed by atoms with Crippen molar-refractivity contribution in [2.45, 2.75) is 6.18 Å². The minimum absolute atomic E-state index is 0.203. The van der Waals surface area contributed by atoms with Gasteiger partial charge in [-0.2, -0.15) is 13.2 Å². The van der Waals surface area contributed by atoms with Gasteiger partial charge in [0.2, 0.25) is 5.91 Å². The zero-order valence-electron chi connectivity index (χ0n) is 17.7. The number of nitrogens with zero attached hydrogens (tertiary/aromatic N) is 1. The summed E-state index contributed by atoms with van der Waals surface area (Å²) in [5.74, 6) is -0.947. The quantitative estimate of drug-likeness (QED) is 0.197. The molecule has 4 rings (SSSR count). The number of halogens is 4. The number of carbonyl (C=O) groups excluding carboxylic acids is 1. The fourth-order valence-electron chi connectivity index (χ4n) is 3.50. The third kappa shape index (κ3) is 5.20. The van der Waals surface area contributed by atoms with E-state index in [2.05, 4.69) is 10.3 Å². The predicted molar refractivity (Wildman–Crippen MR) is 124 cm³/mol. The molecule has 0 atom stereocenters. The summed E-state index contributed by atoms with van der Waals surface area (Å²) in [6.45, 7) is 0. The summed E-state index contributed by atoms with van der Waals surface area (Å²) in [6, 6.07) is 17.6. The van der Waals surface area contributed by atoms with E-state index in [1.807, 2.05) is 6.07 Å². The number of anilines is 1. The number of pyridine rings is 1. The first-order valence-corrected chi connectivity index (χ1v) is 10.3. The first-order chi connectivity index (χ1) is 16.3. The minimum atomic E-state index is -4.48. The lowest BCUT2D eigenvalue weighted by Crippen LogP contribution is -2.08. The molecule has 1 amide bonds. The number of hydrogen-bond donors (Lipinski definition) is 1. The molecule has 3 nitrogen and oxygen atoms in total. The number of allylic oxidation sites excluding steroid dienone is 2. The van der Waals surface area contributed by atoms with Crippen molar-refractivity contribution < 1.29 is 22.4 Å². The summed E-state index contributed by atoms with van der Waals surface area (Å²) in [5, 5.41) is 4.49. The van der Waals surface area contributed by atoms with E-state index in [4.69, 9.17) is 0 Å². The van der Waals surface area contributed by atoms with E-state index in [0.717, 1.165) is 22.9 Å². The molecule has 0 fully saturated rings. The normalized spacial score (nSPS) is 12.3. The molecule has 0 aliphatic heterocycles. The lowest BCUT2D eigenvalue weighted by Gasteiger charge is -2.11. The summed E-state index contributed by atoms with van der Waals surface area (Å²) in [5.41, 5.74) is 0.727. The Hall–Kier alpha value is -4.26. The van der Waals surface area contributed by atoms with E-state index in [1.165, 1.54) is 48.6 Å². The van der Waals surface area contributed by atoms with Gasteiger partial charge in [0.1, 0.15) is 5.82 Å². The van der Waals surface area contributed by atoms with Crippen LogP contribution in [0.1, 0.15) is 16.7 Å². The van der Waals surface area contributed by atoms with E-state index in [0.29, 0.717) is 16.8 Å².